The van der Waals surface area contributed by atoms with Crippen LogP contribution in [0.5, 0.6) is 0 Å². The van der Waals surface area contributed by atoms with Gasteiger partial charge in [0.1, 0.15) is 0 Å². The van der Waals surface area contributed by atoms with E-state index in [2.05, 4.69) is 6.92 Å². The summed E-state index contributed by atoms with van der Waals surface area (Å²) in [5.41, 5.74) is 1.15. The van der Waals surface area contributed by atoms with Crippen molar-refractivity contribution >= 4 is 16.2 Å². The zero-order chi connectivity index (χ0) is 17.1. The molecule has 0 heterocycles. The molecule has 4 rings (SSSR count). The molecule has 3 saturated carbocycles. The van der Waals surface area contributed by atoms with Crippen LogP contribution in [0.2, 0.25) is 0 Å². The van der Waals surface area contributed by atoms with Crippen molar-refractivity contribution in [3.05, 3.63) is 11.6 Å². The Balaban J connectivity index is 0.00000182. The Bertz CT molecular complexity index is 688. The van der Waals surface area contributed by atoms with Crippen molar-refractivity contribution in [2.75, 3.05) is 0 Å². The van der Waals surface area contributed by atoms with Gasteiger partial charge in [-0.1, -0.05) is 12.5 Å². The van der Waals surface area contributed by atoms with E-state index in [1.54, 1.807) is 0 Å². The summed E-state index contributed by atoms with van der Waals surface area (Å²) in [7, 11) is -4.65. The summed E-state index contributed by atoms with van der Waals surface area (Å²) in [5, 5.41) is 0. The third kappa shape index (κ3) is 3.55. The van der Waals surface area contributed by atoms with Gasteiger partial charge in [0.05, 0.1) is 6.10 Å². The first kappa shape index (κ1) is 20.0. The van der Waals surface area contributed by atoms with Gasteiger partial charge in [0.2, 0.25) is 10.4 Å². The van der Waals surface area contributed by atoms with Crippen LogP contribution in [0.25, 0.3) is 0 Å². The van der Waals surface area contributed by atoms with Crippen LogP contribution in [0.4, 0.5) is 0 Å². The zero-order valence-corrected chi connectivity index (χ0v) is 17.9. The molecule has 134 valence electrons. The molecular formula is C18H25NaO5S. The van der Waals surface area contributed by atoms with E-state index in [1.165, 1.54) is 5.57 Å². The molecule has 0 aliphatic heterocycles. The number of hydrogen-bond acceptors (Lipinski definition) is 5. The Kier molecular flexibility index (Phi) is 5.63. The van der Waals surface area contributed by atoms with Crippen molar-refractivity contribution in [1.82, 2.24) is 0 Å². The normalized spacial score (nSPS) is 43.4. The number of hydrogen-bond donors (Lipinski definition) is 0. The molecule has 25 heavy (non-hydrogen) atoms. The molecule has 5 nitrogen and oxygen atoms in total. The van der Waals surface area contributed by atoms with Gasteiger partial charge >= 0.3 is 29.6 Å². The molecule has 0 spiro atoms. The van der Waals surface area contributed by atoms with E-state index >= 15 is 0 Å². The number of carbonyl (C=O) groups is 1. The van der Waals surface area contributed by atoms with Crippen molar-refractivity contribution in [3.8, 4) is 0 Å². The van der Waals surface area contributed by atoms with Gasteiger partial charge in [-0.2, -0.15) is 0 Å². The predicted octanol–water partition coefficient (Wildman–Crippen LogP) is -0.0224. The molecule has 0 unspecified atom stereocenters. The average molecular weight is 376 g/mol. The molecule has 7 heteroatoms. The minimum absolute atomic E-state index is 0. The van der Waals surface area contributed by atoms with Crippen molar-refractivity contribution in [1.29, 1.82) is 0 Å². The second-order valence-electron chi connectivity index (χ2n) is 8.42. The monoisotopic (exact) mass is 376 g/mol. The van der Waals surface area contributed by atoms with Gasteiger partial charge in [-0.05, 0) is 80.1 Å². The summed E-state index contributed by atoms with van der Waals surface area (Å²) < 4.78 is 38.2. The van der Waals surface area contributed by atoms with Crippen LogP contribution < -0.4 is 29.6 Å². The Morgan fingerprint density at radius 1 is 1.12 bits per heavy atom. The number of carbonyl (C=O) groups excluding carboxylic acids is 1. The first-order valence-electron chi connectivity index (χ1n) is 9.15. The van der Waals surface area contributed by atoms with E-state index in [0.717, 1.165) is 38.5 Å². The number of rotatable bonds is 2. The maximum absolute atomic E-state index is 11.7. The molecule has 0 bridgehead atoms. The molecule has 0 radical (unpaired) electrons. The van der Waals surface area contributed by atoms with Crippen molar-refractivity contribution in [2.24, 2.45) is 29.1 Å². The third-order valence-corrected chi connectivity index (χ3v) is 7.92. The van der Waals surface area contributed by atoms with Crippen molar-refractivity contribution < 1.29 is 51.5 Å². The third-order valence-electron chi connectivity index (χ3n) is 7.45. The van der Waals surface area contributed by atoms with Gasteiger partial charge in [-0.15, -0.1) is 0 Å². The van der Waals surface area contributed by atoms with E-state index in [9.17, 15) is 17.8 Å². The first-order valence-corrected chi connectivity index (χ1v) is 10.5. The second-order valence-corrected chi connectivity index (χ2v) is 9.43. The van der Waals surface area contributed by atoms with Crippen LogP contribution in [0.3, 0.4) is 0 Å². The van der Waals surface area contributed by atoms with Crippen LogP contribution in [-0.4, -0.2) is 24.9 Å². The zero-order valence-electron chi connectivity index (χ0n) is 15.1. The SMILES string of the molecule is C[C@]12CC[C@H]3[C@@H](CCC4=CC(=O)CC[C@@H]43)[C@@H]1CC[C@@H]2OS(=O)(=O)[O-].[Na+]. The van der Waals surface area contributed by atoms with Crippen molar-refractivity contribution in [3.63, 3.8) is 0 Å². The van der Waals surface area contributed by atoms with Gasteiger partial charge in [-0.25, -0.2) is 8.42 Å². The standard InChI is InChI=1S/C18H26O5S.Na/c1-18-9-8-14-13-5-3-12(19)10-11(13)2-4-15(14)16(18)6-7-17(18)23-24(20,21)22;/h10,13-17H,2-9H2,1H3,(H,20,21,22);/q;+1/p-1/t13-,14+,15+,16-,17-,18-;/m0./s1. The molecule has 6 atom stereocenters. The van der Waals surface area contributed by atoms with Gasteiger partial charge in [0.15, 0.2) is 5.78 Å². The topological polar surface area (TPSA) is 83.5 Å². The maximum atomic E-state index is 11.7. The van der Waals surface area contributed by atoms with Gasteiger partial charge in [-0.3, -0.25) is 8.98 Å². The van der Waals surface area contributed by atoms with Crippen LogP contribution in [0, 0.1) is 29.1 Å². The molecule has 3 fully saturated rings. The summed E-state index contributed by atoms with van der Waals surface area (Å²) in [6, 6.07) is 0. The van der Waals surface area contributed by atoms with E-state index in [1.807, 2.05) is 6.08 Å². The number of fused-ring (bicyclic) bond motifs is 5. The molecule has 4 aliphatic rings. The van der Waals surface area contributed by atoms with Gasteiger partial charge in [0, 0.05) is 6.42 Å². The fourth-order valence-corrected chi connectivity index (χ4v) is 7.03. The minimum atomic E-state index is -4.65. The van der Waals surface area contributed by atoms with Gasteiger partial charge < -0.3 is 4.55 Å². The quantitative estimate of drug-likeness (QED) is 0.384. The Morgan fingerprint density at radius 2 is 1.88 bits per heavy atom. The maximum Gasteiger partial charge on any atom is 1.00 e. The van der Waals surface area contributed by atoms with Crippen molar-refractivity contribution in [2.45, 2.75) is 64.4 Å². The molecular weight excluding hydrogens is 351 g/mol. The largest absolute Gasteiger partial charge is 1.00 e. The molecule has 0 saturated heterocycles. The average Bonchev–Trinajstić information content (AvgIpc) is 2.82. The summed E-state index contributed by atoms with van der Waals surface area (Å²) >= 11 is 0. The molecule has 0 aromatic carbocycles. The second kappa shape index (κ2) is 7.02. The Labute approximate surface area is 172 Å². The molecule has 0 aromatic heterocycles. The fourth-order valence-electron chi connectivity index (χ4n) is 6.43. The predicted molar refractivity (Wildman–Crippen MR) is 86.7 cm³/mol. The Hall–Kier alpha value is 0.280. The molecule has 0 aromatic rings. The van der Waals surface area contributed by atoms with Crippen LogP contribution >= 0.6 is 0 Å². The Morgan fingerprint density at radius 3 is 2.60 bits per heavy atom. The molecule has 4 aliphatic carbocycles. The van der Waals surface area contributed by atoms with E-state index in [4.69, 9.17) is 4.18 Å². The minimum Gasteiger partial charge on any atom is -0.726 e. The van der Waals surface area contributed by atoms with E-state index in [-0.39, 0.29) is 40.8 Å². The van der Waals surface area contributed by atoms with Crippen LogP contribution in [-0.2, 0) is 19.4 Å². The van der Waals surface area contributed by atoms with E-state index < -0.39 is 16.5 Å². The number of ketones is 1. The van der Waals surface area contributed by atoms with Crippen LogP contribution in [0.15, 0.2) is 11.6 Å². The summed E-state index contributed by atoms with van der Waals surface area (Å²) in [6.45, 7) is 2.12. The van der Waals surface area contributed by atoms with Crippen LogP contribution in [0.1, 0.15) is 58.3 Å². The van der Waals surface area contributed by atoms with Gasteiger partial charge in [0.25, 0.3) is 0 Å². The molecule has 0 amide bonds. The summed E-state index contributed by atoms with van der Waals surface area (Å²) in [4.78, 5) is 11.7. The molecule has 0 N–H and O–H groups in total. The first-order chi connectivity index (χ1) is 11.3. The fraction of sp³-hybridized carbons (Fsp3) is 0.833. The summed E-state index contributed by atoms with van der Waals surface area (Å²) in [5.74, 6) is 2.42. The smallest absolute Gasteiger partial charge is 0.726 e. The summed E-state index contributed by atoms with van der Waals surface area (Å²) in [6.07, 6.45) is 8.72. The number of allylic oxidation sites excluding steroid dienone is 1. The van der Waals surface area contributed by atoms with E-state index in [0.29, 0.717) is 36.5 Å².